The Hall–Kier alpha value is -1.51. The molecule has 1 aromatic rings. The summed E-state index contributed by atoms with van der Waals surface area (Å²) in [5.41, 5.74) is 3.29. The molecule has 0 aliphatic heterocycles. The van der Waals surface area contributed by atoms with E-state index in [0.717, 1.165) is 34.6 Å². The van der Waals surface area contributed by atoms with Crippen LogP contribution >= 0.6 is 0 Å². The average Bonchev–Trinajstić information content (AvgIpc) is 2.41. The molecule has 2 N–H and O–H groups in total. The van der Waals surface area contributed by atoms with Crippen molar-refractivity contribution >= 4 is 11.7 Å². The van der Waals surface area contributed by atoms with Crippen molar-refractivity contribution in [1.29, 1.82) is 0 Å². The number of para-hydroxylation sites is 1. The van der Waals surface area contributed by atoms with Gasteiger partial charge in [0.05, 0.1) is 0 Å². The minimum absolute atomic E-state index is 0.0145. The SMILES string of the molecule is Cc1cccc(C)c1NC(=O)NC12CC3CC(CC(C3)C1)C2. The number of amides is 2. The van der Waals surface area contributed by atoms with E-state index in [1.165, 1.54) is 38.5 Å². The molecule has 2 amide bonds. The van der Waals surface area contributed by atoms with Gasteiger partial charge >= 0.3 is 6.03 Å². The zero-order valence-corrected chi connectivity index (χ0v) is 13.6. The maximum absolute atomic E-state index is 12.6. The number of carbonyl (C=O) groups is 1. The summed E-state index contributed by atoms with van der Waals surface area (Å²) in [5, 5.41) is 6.48. The molecule has 4 saturated carbocycles. The number of urea groups is 1. The Morgan fingerprint density at radius 2 is 1.50 bits per heavy atom. The minimum Gasteiger partial charge on any atom is -0.332 e. The topological polar surface area (TPSA) is 41.1 Å². The first-order chi connectivity index (χ1) is 10.5. The molecule has 3 nitrogen and oxygen atoms in total. The van der Waals surface area contributed by atoms with Crippen molar-refractivity contribution in [3.05, 3.63) is 29.3 Å². The highest BCUT2D eigenvalue weighted by Crippen LogP contribution is 2.55. The fourth-order valence-corrected chi connectivity index (χ4v) is 5.66. The third-order valence-corrected chi connectivity index (χ3v) is 6.14. The van der Waals surface area contributed by atoms with Gasteiger partial charge in [0.25, 0.3) is 0 Å². The van der Waals surface area contributed by atoms with E-state index in [-0.39, 0.29) is 11.6 Å². The van der Waals surface area contributed by atoms with Gasteiger partial charge in [-0.15, -0.1) is 0 Å². The van der Waals surface area contributed by atoms with E-state index in [9.17, 15) is 4.79 Å². The molecule has 0 atom stereocenters. The zero-order chi connectivity index (χ0) is 15.3. The van der Waals surface area contributed by atoms with Crippen LogP contribution < -0.4 is 10.6 Å². The predicted octanol–water partition coefficient (Wildman–Crippen LogP) is 4.39. The fraction of sp³-hybridized carbons (Fsp3) is 0.632. The number of nitrogens with one attached hydrogen (secondary N) is 2. The van der Waals surface area contributed by atoms with Crippen LogP contribution in [0.3, 0.4) is 0 Å². The van der Waals surface area contributed by atoms with E-state index in [4.69, 9.17) is 0 Å². The molecule has 4 fully saturated rings. The van der Waals surface area contributed by atoms with Crippen molar-refractivity contribution in [1.82, 2.24) is 5.32 Å². The molecule has 3 heteroatoms. The molecule has 118 valence electrons. The van der Waals surface area contributed by atoms with Gasteiger partial charge in [0.2, 0.25) is 0 Å². The monoisotopic (exact) mass is 298 g/mol. The molecule has 22 heavy (non-hydrogen) atoms. The molecule has 0 spiro atoms. The summed E-state index contributed by atoms with van der Waals surface area (Å²) < 4.78 is 0. The number of aryl methyl sites for hydroxylation is 2. The lowest BCUT2D eigenvalue weighted by atomic mass is 9.53. The number of anilines is 1. The maximum atomic E-state index is 12.6. The van der Waals surface area contributed by atoms with Gasteiger partial charge in [0.15, 0.2) is 0 Å². The Morgan fingerprint density at radius 3 is 2.00 bits per heavy atom. The summed E-state index contributed by atoms with van der Waals surface area (Å²) in [6, 6.07) is 6.12. The minimum atomic E-state index is -0.0145. The third-order valence-electron chi connectivity index (χ3n) is 6.14. The van der Waals surface area contributed by atoms with Gasteiger partial charge in [0.1, 0.15) is 0 Å². The molecule has 4 bridgehead atoms. The van der Waals surface area contributed by atoms with Gasteiger partial charge in [0, 0.05) is 11.2 Å². The van der Waals surface area contributed by atoms with Gasteiger partial charge in [-0.2, -0.15) is 0 Å². The van der Waals surface area contributed by atoms with Crippen molar-refractivity contribution in [3.8, 4) is 0 Å². The van der Waals surface area contributed by atoms with Crippen LogP contribution in [0.15, 0.2) is 18.2 Å². The Morgan fingerprint density at radius 1 is 1.00 bits per heavy atom. The predicted molar refractivity (Wildman–Crippen MR) is 89.0 cm³/mol. The van der Waals surface area contributed by atoms with E-state index >= 15 is 0 Å². The fourth-order valence-electron chi connectivity index (χ4n) is 5.66. The molecule has 4 aliphatic rings. The Bertz CT molecular complexity index is 552. The third kappa shape index (κ3) is 2.41. The van der Waals surface area contributed by atoms with E-state index < -0.39 is 0 Å². The largest absolute Gasteiger partial charge is 0.332 e. The molecule has 0 aromatic heterocycles. The van der Waals surface area contributed by atoms with Gasteiger partial charge in [-0.05, 0) is 81.3 Å². The van der Waals surface area contributed by atoms with Crippen LogP contribution in [0, 0.1) is 31.6 Å². The lowest BCUT2D eigenvalue weighted by Crippen LogP contribution is -2.60. The first-order valence-electron chi connectivity index (χ1n) is 8.68. The quantitative estimate of drug-likeness (QED) is 0.835. The van der Waals surface area contributed by atoms with Crippen molar-refractivity contribution < 1.29 is 4.79 Å². The van der Waals surface area contributed by atoms with Crippen molar-refractivity contribution in [2.24, 2.45) is 17.8 Å². The second-order valence-corrected chi connectivity index (χ2v) is 8.04. The highest BCUT2D eigenvalue weighted by molar-refractivity contribution is 5.91. The number of benzene rings is 1. The smallest absolute Gasteiger partial charge is 0.319 e. The van der Waals surface area contributed by atoms with Crippen LogP contribution in [0.2, 0.25) is 0 Å². The van der Waals surface area contributed by atoms with Crippen LogP contribution in [-0.2, 0) is 0 Å². The average molecular weight is 298 g/mol. The van der Waals surface area contributed by atoms with E-state index in [2.05, 4.69) is 10.6 Å². The van der Waals surface area contributed by atoms with Crippen LogP contribution in [0.25, 0.3) is 0 Å². The molecule has 5 rings (SSSR count). The van der Waals surface area contributed by atoms with Crippen LogP contribution in [0.5, 0.6) is 0 Å². The molecule has 4 aliphatic carbocycles. The maximum Gasteiger partial charge on any atom is 0.319 e. The van der Waals surface area contributed by atoms with Gasteiger partial charge in [-0.25, -0.2) is 4.79 Å². The molecular formula is C19H26N2O. The molecular weight excluding hydrogens is 272 g/mol. The first kappa shape index (κ1) is 14.1. The Labute approximate surface area is 132 Å². The highest BCUT2D eigenvalue weighted by atomic mass is 16.2. The summed E-state index contributed by atoms with van der Waals surface area (Å²) in [5.74, 6) is 2.56. The normalized spacial score (nSPS) is 35.5. The highest BCUT2D eigenvalue weighted by Gasteiger charge is 2.51. The first-order valence-corrected chi connectivity index (χ1v) is 8.68. The zero-order valence-electron chi connectivity index (χ0n) is 13.6. The summed E-state index contributed by atoms with van der Waals surface area (Å²) in [4.78, 5) is 12.6. The summed E-state index contributed by atoms with van der Waals surface area (Å²) in [7, 11) is 0. The second-order valence-electron chi connectivity index (χ2n) is 8.04. The summed E-state index contributed by atoms with van der Waals surface area (Å²) >= 11 is 0. The molecule has 0 heterocycles. The van der Waals surface area contributed by atoms with E-state index in [1.54, 1.807) is 0 Å². The van der Waals surface area contributed by atoms with Gasteiger partial charge in [-0.3, -0.25) is 0 Å². The number of carbonyl (C=O) groups excluding carboxylic acids is 1. The van der Waals surface area contributed by atoms with Gasteiger partial charge in [-0.1, -0.05) is 18.2 Å². The van der Waals surface area contributed by atoms with Crippen LogP contribution in [0.1, 0.15) is 49.7 Å². The number of hydrogen-bond acceptors (Lipinski definition) is 1. The number of hydrogen-bond donors (Lipinski definition) is 2. The van der Waals surface area contributed by atoms with Crippen LogP contribution in [-0.4, -0.2) is 11.6 Å². The standard InChI is InChI=1S/C19H26N2O/c1-12-4-3-5-13(2)17(12)20-18(22)21-19-9-14-6-15(10-19)8-16(7-14)11-19/h3-5,14-16H,6-11H2,1-2H3,(H2,20,21,22). The van der Waals surface area contributed by atoms with Gasteiger partial charge < -0.3 is 10.6 Å². The lowest BCUT2D eigenvalue weighted by molar-refractivity contribution is -0.0127. The molecule has 0 unspecified atom stereocenters. The summed E-state index contributed by atoms with van der Waals surface area (Å²) in [6.07, 6.45) is 7.79. The lowest BCUT2D eigenvalue weighted by Gasteiger charge is -2.56. The molecule has 1 aromatic carbocycles. The Balaban J connectivity index is 1.48. The molecule has 0 saturated heterocycles. The molecule has 0 radical (unpaired) electrons. The van der Waals surface area contributed by atoms with E-state index in [0.29, 0.717) is 0 Å². The van der Waals surface area contributed by atoms with Crippen molar-refractivity contribution in [2.75, 3.05) is 5.32 Å². The second kappa shape index (κ2) is 5.00. The number of rotatable bonds is 2. The van der Waals surface area contributed by atoms with Crippen LogP contribution in [0.4, 0.5) is 10.5 Å². The van der Waals surface area contributed by atoms with Crippen molar-refractivity contribution in [3.63, 3.8) is 0 Å². The Kier molecular flexibility index (Phi) is 3.21. The summed E-state index contributed by atoms with van der Waals surface area (Å²) in [6.45, 7) is 4.10. The van der Waals surface area contributed by atoms with Crippen molar-refractivity contribution in [2.45, 2.75) is 57.9 Å². The van der Waals surface area contributed by atoms with E-state index in [1.807, 2.05) is 32.0 Å².